The molecule has 1 nitrogen and oxygen atoms in total. The minimum atomic E-state index is -1.85. The van der Waals surface area contributed by atoms with Crippen molar-refractivity contribution in [3.63, 3.8) is 0 Å². The SMILES string of the molecule is CC([O])c1ccc(C(Cl)(Cl)C(Cl)(Cl)Cl)cc1. The number of hydrogen-bond acceptors (Lipinski definition) is 0. The van der Waals surface area contributed by atoms with Crippen LogP contribution >= 0.6 is 58.0 Å². The summed E-state index contributed by atoms with van der Waals surface area (Å²) in [6, 6.07) is 6.38. The molecule has 0 spiro atoms. The number of rotatable bonds is 2. The van der Waals surface area contributed by atoms with Gasteiger partial charge < -0.3 is 0 Å². The average Bonchev–Trinajstić information content (AvgIpc) is 2.16. The lowest BCUT2D eigenvalue weighted by atomic mass is 10.1. The van der Waals surface area contributed by atoms with Crippen molar-refractivity contribution in [3.8, 4) is 0 Å². The highest BCUT2D eigenvalue weighted by Gasteiger charge is 2.47. The van der Waals surface area contributed by atoms with Gasteiger partial charge in [-0.1, -0.05) is 82.3 Å². The molecular weight excluding hydrogens is 313 g/mol. The summed E-state index contributed by atoms with van der Waals surface area (Å²) in [7, 11) is 0. The molecule has 0 saturated carbocycles. The van der Waals surface area contributed by atoms with E-state index in [-0.39, 0.29) is 0 Å². The molecule has 6 heteroatoms. The molecule has 1 unspecified atom stereocenters. The molecule has 1 aromatic rings. The highest BCUT2D eigenvalue weighted by Crippen LogP contribution is 2.52. The maximum Gasteiger partial charge on any atom is 0.227 e. The van der Waals surface area contributed by atoms with E-state index in [2.05, 4.69) is 0 Å². The minimum absolute atomic E-state index is 0.431. The van der Waals surface area contributed by atoms with Crippen LogP contribution in [0.5, 0.6) is 0 Å². The summed E-state index contributed by atoms with van der Waals surface area (Å²) in [6.07, 6.45) is -0.818. The first-order valence-electron chi connectivity index (χ1n) is 4.37. The Kier molecular flexibility index (Phi) is 4.68. The molecule has 0 N–H and O–H groups in total. The molecule has 0 fully saturated rings. The van der Waals surface area contributed by atoms with Crippen molar-refractivity contribution in [3.05, 3.63) is 35.4 Å². The molecule has 1 aromatic carbocycles. The van der Waals surface area contributed by atoms with Crippen LogP contribution in [0.4, 0.5) is 0 Å². The zero-order chi connectivity index (χ0) is 12.6. The Morgan fingerprint density at radius 1 is 1.00 bits per heavy atom. The van der Waals surface area contributed by atoms with Crippen LogP contribution in [0.3, 0.4) is 0 Å². The third kappa shape index (κ3) is 3.10. The Bertz CT molecular complexity index is 352. The van der Waals surface area contributed by atoms with E-state index in [1.165, 1.54) is 0 Å². The van der Waals surface area contributed by atoms with Crippen LogP contribution < -0.4 is 0 Å². The average molecular weight is 321 g/mol. The second kappa shape index (κ2) is 5.09. The van der Waals surface area contributed by atoms with Crippen LogP contribution in [-0.4, -0.2) is 3.79 Å². The maximum atomic E-state index is 11.1. The third-order valence-electron chi connectivity index (χ3n) is 2.10. The highest BCUT2D eigenvalue weighted by molar-refractivity contribution is 6.75. The lowest BCUT2D eigenvalue weighted by Gasteiger charge is -2.27. The maximum absolute atomic E-state index is 11.1. The van der Waals surface area contributed by atoms with Crippen LogP contribution in [0, 0.1) is 0 Å². The molecule has 0 saturated heterocycles. The van der Waals surface area contributed by atoms with Crippen molar-refractivity contribution in [2.24, 2.45) is 0 Å². The predicted octanol–water partition coefficient (Wildman–Crippen LogP) is 5.18. The molecular formula is C10H8Cl5O. The first-order valence-corrected chi connectivity index (χ1v) is 6.26. The van der Waals surface area contributed by atoms with Gasteiger partial charge in [-0.15, -0.1) is 0 Å². The molecule has 16 heavy (non-hydrogen) atoms. The van der Waals surface area contributed by atoms with E-state index in [0.29, 0.717) is 11.1 Å². The summed E-state index contributed by atoms with van der Waals surface area (Å²) in [5.41, 5.74) is 1.05. The molecule has 1 atom stereocenters. The summed E-state index contributed by atoms with van der Waals surface area (Å²) >= 11 is 28.9. The van der Waals surface area contributed by atoms with E-state index in [0.717, 1.165) is 0 Å². The number of hydrogen-bond donors (Lipinski definition) is 0. The molecule has 0 aliphatic heterocycles. The van der Waals surface area contributed by atoms with Crippen molar-refractivity contribution in [1.82, 2.24) is 0 Å². The predicted molar refractivity (Wildman–Crippen MR) is 69.2 cm³/mol. The molecule has 0 amide bonds. The number of halogens is 5. The van der Waals surface area contributed by atoms with E-state index in [4.69, 9.17) is 58.0 Å². The molecule has 1 rings (SSSR count). The van der Waals surface area contributed by atoms with Gasteiger partial charge in [-0.3, -0.25) is 0 Å². The molecule has 0 bridgehead atoms. The van der Waals surface area contributed by atoms with Gasteiger partial charge in [0.25, 0.3) is 0 Å². The molecule has 0 aliphatic rings. The molecule has 0 aliphatic carbocycles. The summed E-state index contributed by atoms with van der Waals surface area (Å²) in [5, 5.41) is 11.1. The standard InChI is InChI=1S/C10H8Cl5O/c1-6(16)7-2-4-8(5-3-7)9(11,12)10(13,14)15/h2-6H,1H3. The summed E-state index contributed by atoms with van der Waals surface area (Å²) in [4.78, 5) is 0. The second-order valence-electron chi connectivity index (χ2n) is 3.34. The van der Waals surface area contributed by atoms with Crippen LogP contribution in [0.1, 0.15) is 24.2 Å². The monoisotopic (exact) mass is 319 g/mol. The zero-order valence-corrected chi connectivity index (χ0v) is 12.0. The molecule has 0 heterocycles. The van der Waals surface area contributed by atoms with Crippen LogP contribution in [0.15, 0.2) is 24.3 Å². The summed E-state index contributed by atoms with van der Waals surface area (Å²) < 4.78 is -3.50. The highest BCUT2D eigenvalue weighted by atomic mass is 35.6. The molecule has 89 valence electrons. The van der Waals surface area contributed by atoms with E-state index in [1.54, 1.807) is 31.2 Å². The first-order chi connectivity index (χ1) is 7.16. The Balaban J connectivity index is 3.07. The molecule has 1 radical (unpaired) electrons. The fourth-order valence-electron chi connectivity index (χ4n) is 1.13. The van der Waals surface area contributed by atoms with E-state index >= 15 is 0 Å². The Hall–Kier alpha value is 0.630. The van der Waals surface area contributed by atoms with Gasteiger partial charge in [0.05, 0.1) is 0 Å². The van der Waals surface area contributed by atoms with Crippen molar-refractivity contribution >= 4 is 58.0 Å². The number of alkyl halides is 5. The second-order valence-corrected chi connectivity index (χ2v) is 6.94. The lowest BCUT2D eigenvalue weighted by Crippen LogP contribution is -2.28. The van der Waals surface area contributed by atoms with Gasteiger partial charge in [0.2, 0.25) is 3.79 Å². The zero-order valence-electron chi connectivity index (χ0n) is 8.18. The minimum Gasteiger partial charge on any atom is -0.228 e. The smallest absolute Gasteiger partial charge is 0.227 e. The van der Waals surface area contributed by atoms with Gasteiger partial charge in [-0.25, -0.2) is 5.11 Å². The fraction of sp³-hybridized carbons (Fsp3) is 0.400. The summed E-state index contributed by atoms with van der Waals surface area (Å²) in [5.74, 6) is 0. The fourth-order valence-corrected chi connectivity index (χ4v) is 1.71. The van der Waals surface area contributed by atoms with Crippen molar-refractivity contribution in [2.75, 3.05) is 0 Å². The Morgan fingerprint density at radius 2 is 1.44 bits per heavy atom. The van der Waals surface area contributed by atoms with Gasteiger partial charge in [-0.2, -0.15) is 0 Å². The van der Waals surface area contributed by atoms with Crippen molar-refractivity contribution in [2.45, 2.75) is 21.2 Å². The quantitative estimate of drug-likeness (QED) is 0.669. The first kappa shape index (κ1) is 14.7. The Morgan fingerprint density at radius 3 is 1.75 bits per heavy atom. The third-order valence-corrected chi connectivity index (χ3v) is 4.53. The lowest BCUT2D eigenvalue weighted by molar-refractivity contribution is 0.106. The molecule has 0 aromatic heterocycles. The van der Waals surface area contributed by atoms with Crippen molar-refractivity contribution < 1.29 is 5.11 Å². The van der Waals surface area contributed by atoms with Crippen LogP contribution in [0.2, 0.25) is 0 Å². The van der Waals surface area contributed by atoms with Gasteiger partial charge in [0.15, 0.2) is 4.33 Å². The van der Waals surface area contributed by atoms with E-state index in [1.807, 2.05) is 0 Å². The van der Waals surface area contributed by atoms with E-state index < -0.39 is 14.2 Å². The normalized spacial score (nSPS) is 14.9. The number of benzene rings is 1. The van der Waals surface area contributed by atoms with Gasteiger partial charge in [-0.05, 0) is 18.1 Å². The van der Waals surface area contributed by atoms with Crippen LogP contribution in [0.25, 0.3) is 0 Å². The van der Waals surface area contributed by atoms with E-state index in [9.17, 15) is 5.11 Å². The van der Waals surface area contributed by atoms with Crippen LogP contribution in [-0.2, 0) is 9.44 Å². The van der Waals surface area contributed by atoms with Crippen molar-refractivity contribution in [1.29, 1.82) is 0 Å². The topological polar surface area (TPSA) is 19.9 Å². The Labute approximate surface area is 119 Å². The van der Waals surface area contributed by atoms with Gasteiger partial charge in [0.1, 0.15) is 6.10 Å². The largest absolute Gasteiger partial charge is 0.228 e. The van der Waals surface area contributed by atoms with Gasteiger partial charge in [0, 0.05) is 0 Å². The summed E-state index contributed by atoms with van der Waals surface area (Å²) in [6.45, 7) is 1.54. The van der Waals surface area contributed by atoms with Gasteiger partial charge >= 0.3 is 0 Å².